The fraction of sp³-hybridized carbons (Fsp3) is 0.583. The molecule has 0 spiro atoms. The number of rotatable bonds is 4. The van der Waals surface area contributed by atoms with E-state index < -0.39 is 23.3 Å². The van der Waals surface area contributed by atoms with Gasteiger partial charge in [0.2, 0.25) is 0 Å². The Morgan fingerprint density at radius 3 is 2.58 bits per heavy atom. The van der Waals surface area contributed by atoms with Crippen molar-refractivity contribution in [1.82, 2.24) is 10.5 Å². The van der Waals surface area contributed by atoms with Crippen molar-refractivity contribution in [2.24, 2.45) is 0 Å². The van der Waals surface area contributed by atoms with Gasteiger partial charge in [0.25, 0.3) is 5.56 Å². The molecule has 1 rings (SSSR count). The summed E-state index contributed by atoms with van der Waals surface area (Å²) in [6.45, 7) is 6.75. The van der Waals surface area contributed by atoms with Gasteiger partial charge >= 0.3 is 6.09 Å². The second-order valence-corrected chi connectivity index (χ2v) is 5.16. The Morgan fingerprint density at radius 2 is 2.16 bits per heavy atom. The van der Waals surface area contributed by atoms with E-state index >= 15 is 0 Å². The lowest BCUT2D eigenvalue weighted by Crippen LogP contribution is -2.41. The molecule has 1 aromatic heterocycles. The summed E-state index contributed by atoms with van der Waals surface area (Å²) < 4.78 is 9.86. The third kappa shape index (κ3) is 4.61. The van der Waals surface area contributed by atoms with Crippen LogP contribution < -0.4 is 10.9 Å². The third-order valence-electron chi connectivity index (χ3n) is 2.29. The van der Waals surface area contributed by atoms with Gasteiger partial charge in [-0.1, -0.05) is 0 Å². The minimum atomic E-state index is -0.841. The zero-order valence-electron chi connectivity index (χ0n) is 11.4. The predicted molar refractivity (Wildman–Crippen MR) is 67.0 cm³/mol. The number of ether oxygens (including phenoxy) is 1. The van der Waals surface area contributed by atoms with Crippen LogP contribution in [0.1, 0.15) is 32.1 Å². The Kier molecular flexibility index (Phi) is 4.52. The maximum Gasteiger partial charge on any atom is 0.408 e. The number of alkyl carbamates (subject to hydrolysis) is 1. The Hall–Kier alpha value is -2.05. The molecule has 7 nitrogen and oxygen atoms in total. The van der Waals surface area contributed by atoms with Crippen LogP contribution in [0, 0.1) is 6.92 Å². The summed E-state index contributed by atoms with van der Waals surface area (Å²) in [5, 5.41) is 4.56. The van der Waals surface area contributed by atoms with Gasteiger partial charge in [-0.2, -0.15) is 5.16 Å². The largest absolute Gasteiger partial charge is 0.444 e. The number of hydrogen-bond donors (Lipinski definition) is 2. The maximum absolute atomic E-state index is 11.5. The molecule has 0 bridgehead atoms. The summed E-state index contributed by atoms with van der Waals surface area (Å²) in [6.07, 6.45) is -0.0990. The summed E-state index contributed by atoms with van der Waals surface area (Å²) in [7, 11) is 0. The van der Waals surface area contributed by atoms with Gasteiger partial charge in [0.1, 0.15) is 17.6 Å². The van der Waals surface area contributed by atoms with Crippen LogP contribution in [0.25, 0.3) is 0 Å². The lowest BCUT2D eigenvalue weighted by Gasteiger charge is -2.21. The molecule has 106 valence electrons. The first-order chi connectivity index (χ1) is 8.73. The fourth-order valence-corrected chi connectivity index (χ4v) is 1.45. The van der Waals surface area contributed by atoms with Crippen LogP contribution in [0.3, 0.4) is 0 Å². The highest BCUT2D eigenvalue weighted by Crippen LogP contribution is 2.08. The molecule has 0 aromatic carbocycles. The van der Waals surface area contributed by atoms with Gasteiger partial charge in [-0.05, 0) is 27.7 Å². The Balaban J connectivity index is 2.68. The molecule has 1 unspecified atom stereocenters. The Labute approximate surface area is 110 Å². The van der Waals surface area contributed by atoms with E-state index in [2.05, 4.69) is 10.5 Å². The van der Waals surface area contributed by atoms with E-state index in [-0.39, 0.29) is 6.42 Å². The minimum absolute atomic E-state index is 0.0560. The van der Waals surface area contributed by atoms with E-state index in [4.69, 9.17) is 9.26 Å². The second kappa shape index (κ2) is 5.73. The van der Waals surface area contributed by atoms with Crippen molar-refractivity contribution in [2.75, 3.05) is 0 Å². The third-order valence-corrected chi connectivity index (χ3v) is 2.29. The molecule has 1 aromatic rings. The van der Waals surface area contributed by atoms with Crippen LogP contribution in [-0.2, 0) is 16.0 Å². The van der Waals surface area contributed by atoms with Crippen LogP contribution in [0.2, 0.25) is 0 Å². The summed E-state index contributed by atoms with van der Waals surface area (Å²) in [5.41, 5.74) is -0.732. The molecular weight excluding hydrogens is 252 g/mol. The van der Waals surface area contributed by atoms with Gasteiger partial charge in [0, 0.05) is 6.42 Å². The Morgan fingerprint density at radius 1 is 1.53 bits per heavy atom. The van der Waals surface area contributed by atoms with E-state index in [0.29, 0.717) is 17.6 Å². The normalized spacial score (nSPS) is 12.8. The topological polar surface area (TPSA) is 101 Å². The molecule has 7 heteroatoms. The van der Waals surface area contributed by atoms with Crippen LogP contribution in [-0.4, -0.2) is 29.2 Å². The number of aromatic amines is 1. The monoisotopic (exact) mass is 270 g/mol. The van der Waals surface area contributed by atoms with Crippen molar-refractivity contribution in [2.45, 2.75) is 45.8 Å². The molecule has 0 saturated heterocycles. The minimum Gasteiger partial charge on any atom is -0.444 e. The predicted octanol–water partition coefficient (Wildman–Crippen LogP) is 0.911. The molecule has 1 atom stereocenters. The molecule has 0 aliphatic rings. The van der Waals surface area contributed by atoms with E-state index in [9.17, 15) is 14.4 Å². The highest BCUT2D eigenvalue weighted by molar-refractivity contribution is 5.73. The number of aromatic nitrogens is 1. The van der Waals surface area contributed by atoms with Crippen molar-refractivity contribution in [1.29, 1.82) is 0 Å². The van der Waals surface area contributed by atoms with Crippen molar-refractivity contribution in [3.05, 3.63) is 21.7 Å². The summed E-state index contributed by atoms with van der Waals surface area (Å²) >= 11 is 0. The van der Waals surface area contributed by atoms with E-state index in [1.807, 2.05) is 0 Å². The van der Waals surface area contributed by atoms with Crippen LogP contribution >= 0.6 is 0 Å². The number of carbonyl (C=O) groups is 2. The zero-order chi connectivity index (χ0) is 14.6. The smallest absolute Gasteiger partial charge is 0.408 e. The molecule has 0 fully saturated rings. The van der Waals surface area contributed by atoms with Gasteiger partial charge in [-0.25, -0.2) is 4.79 Å². The maximum atomic E-state index is 11.5. The van der Waals surface area contributed by atoms with Crippen LogP contribution in [0.5, 0.6) is 0 Å². The van der Waals surface area contributed by atoms with Crippen molar-refractivity contribution in [3.8, 4) is 0 Å². The van der Waals surface area contributed by atoms with Crippen LogP contribution in [0.15, 0.2) is 9.32 Å². The van der Waals surface area contributed by atoms with Gasteiger partial charge < -0.3 is 19.4 Å². The molecule has 1 amide bonds. The Bertz CT molecular complexity index is 509. The molecule has 19 heavy (non-hydrogen) atoms. The number of carbonyl (C=O) groups excluding carboxylic acids is 2. The van der Waals surface area contributed by atoms with Gasteiger partial charge in [-0.15, -0.1) is 0 Å². The van der Waals surface area contributed by atoms with Crippen molar-refractivity contribution < 1.29 is 18.8 Å². The van der Waals surface area contributed by atoms with Gasteiger partial charge in [0.15, 0.2) is 0 Å². The first-order valence-corrected chi connectivity index (χ1v) is 5.84. The number of amides is 1. The zero-order valence-corrected chi connectivity index (χ0v) is 11.4. The van der Waals surface area contributed by atoms with E-state index in [1.54, 1.807) is 27.7 Å². The van der Waals surface area contributed by atoms with Gasteiger partial charge in [-0.3, -0.25) is 4.79 Å². The average molecular weight is 270 g/mol. The quantitative estimate of drug-likeness (QED) is 0.792. The van der Waals surface area contributed by atoms with Gasteiger partial charge in [0.05, 0.1) is 11.6 Å². The average Bonchev–Trinajstić information content (AvgIpc) is 2.57. The molecule has 1 heterocycles. The SMILES string of the molecule is Cc1o[nH]c(=O)c1CC(C=O)NC(=O)OC(C)(C)C. The fourth-order valence-electron chi connectivity index (χ4n) is 1.45. The number of aldehydes is 1. The molecular formula is C12H18N2O5. The highest BCUT2D eigenvalue weighted by Gasteiger charge is 2.21. The summed E-state index contributed by atoms with van der Waals surface area (Å²) in [4.78, 5) is 33.9. The highest BCUT2D eigenvalue weighted by atomic mass is 16.6. The lowest BCUT2D eigenvalue weighted by atomic mass is 10.1. The van der Waals surface area contributed by atoms with Crippen molar-refractivity contribution in [3.63, 3.8) is 0 Å². The molecule has 0 radical (unpaired) electrons. The number of H-pyrrole nitrogens is 1. The molecule has 0 aliphatic carbocycles. The molecule has 2 N–H and O–H groups in total. The first-order valence-electron chi connectivity index (χ1n) is 5.84. The lowest BCUT2D eigenvalue weighted by molar-refractivity contribution is -0.109. The first kappa shape index (κ1) is 15.0. The number of aryl methyl sites for hydroxylation is 1. The summed E-state index contributed by atoms with van der Waals surface area (Å²) in [5.74, 6) is 0.392. The second-order valence-electron chi connectivity index (χ2n) is 5.16. The molecule has 0 aliphatic heterocycles. The van der Waals surface area contributed by atoms with E-state index in [1.165, 1.54) is 0 Å². The van der Waals surface area contributed by atoms with Crippen LogP contribution in [0.4, 0.5) is 4.79 Å². The number of hydrogen-bond acceptors (Lipinski definition) is 5. The standard InChI is InChI=1S/C12H18N2O5/c1-7-9(10(16)14-19-7)5-8(6-15)13-11(17)18-12(2,3)4/h6,8H,5H2,1-4H3,(H,13,17)(H,14,16). The van der Waals surface area contributed by atoms with E-state index in [0.717, 1.165) is 0 Å². The number of nitrogens with one attached hydrogen (secondary N) is 2. The molecule has 0 saturated carbocycles. The summed E-state index contributed by atoms with van der Waals surface area (Å²) in [6, 6.07) is -0.841. The van der Waals surface area contributed by atoms with Crippen molar-refractivity contribution >= 4 is 12.4 Å².